The molecule has 1 aliphatic carbocycles. The predicted octanol–water partition coefficient (Wildman–Crippen LogP) is 2.32. The first kappa shape index (κ1) is 11.7. The first-order chi connectivity index (χ1) is 9.90. The van der Waals surface area contributed by atoms with Crippen LogP contribution >= 0.6 is 0 Å². The second-order valence-corrected chi connectivity index (χ2v) is 5.26. The third kappa shape index (κ3) is 2.20. The van der Waals surface area contributed by atoms with Crippen LogP contribution < -0.4 is 5.32 Å². The van der Waals surface area contributed by atoms with Crippen molar-refractivity contribution in [2.24, 2.45) is 0 Å². The zero-order chi connectivity index (χ0) is 13.4. The lowest BCUT2D eigenvalue weighted by Gasteiger charge is -2.04. The number of hydrogen-bond acceptors (Lipinski definition) is 4. The Morgan fingerprint density at radius 1 is 1.25 bits per heavy atom. The van der Waals surface area contributed by atoms with Gasteiger partial charge in [0.1, 0.15) is 11.3 Å². The molecule has 1 aromatic carbocycles. The van der Waals surface area contributed by atoms with Crippen LogP contribution in [0.2, 0.25) is 0 Å². The van der Waals surface area contributed by atoms with Gasteiger partial charge < -0.3 is 9.73 Å². The average Bonchev–Trinajstić information content (AvgIpc) is 3.07. The van der Waals surface area contributed by atoms with Gasteiger partial charge in [-0.15, -0.1) is 5.10 Å². The lowest BCUT2D eigenvalue weighted by Crippen LogP contribution is -2.16. The third-order valence-corrected chi connectivity index (χ3v) is 3.71. The van der Waals surface area contributed by atoms with Crippen LogP contribution in [-0.4, -0.2) is 21.0 Å². The Balaban J connectivity index is 1.57. The highest BCUT2D eigenvalue weighted by Crippen LogP contribution is 2.21. The number of benzene rings is 1. The highest BCUT2D eigenvalue weighted by Gasteiger charge is 2.21. The molecule has 0 bridgehead atoms. The maximum absolute atomic E-state index is 5.58. The van der Waals surface area contributed by atoms with Gasteiger partial charge in [-0.2, -0.15) is 0 Å². The number of furan rings is 1. The van der Waals surface area contributed by atoms with E-state index in [9.17, 15) is 0 Å². The van der Waals surface area contributed by atoms with Gasteiger partial charge in [-0.05, 0) is 31.0 Å². The van der Waals surface area contributed by atoms with Crippen LogP contribution in [0.5, 0.6) is 0 Å². The fourth-order valence-electron chi connectivity index (χ4n) is 2.38. The van der Waals surface area contributed by atoms with Crippen molar-refractivity contribution in [3.63, 3.8) is 0 Å². The third-order valence-electron chi connectivity index (χ3n) is 3.71. The van der Waals surface area contributed by atoms with Gasteiger partial charge in [0, 0.05) is 11.6 Å². The fraction of sp³-hybridized carbons (Fsp3) is 0.333. The van der Waals surface area contributed by atoms with Crippen molar-refractivity contribution in [3.8, 4) is 0 Å². The minimum absolute atomic E-state index is 0.681. The molecule has 3 aromatic rings. The van der Waals surface area contributed by atoms with Crippen LogP contribution in [0, 0.1) is 0 Å². The van der Waals surface area contributed by atoms with E-state index in [0.29, 0.717) is 12.6 Å². The maximum Gasteiger partial charge on any atom is 0.122 e. The lowest BCUT2D eigenvalue weighted by molar-refractivity contribution is 0.474. The molecule has 1 saturated carbocycles. The molecule has 5 nitrogen and oxygen atoms in total. The summed E-state index contributed by atoms with van der Waals surface area (Å²) < 4.78 is 7.50. The first-order valence-corrected chi connectivity index (χ1v) is 6.97. The van der Waals surface area contributed by atoms with E-state index in [4.69, 9.17) is 4.42 Å². The number of aromatic nitrogens is 3. The summed E-state index contributed by atoms with van der Waals surface area (Å²) in [6.45, 7) is 1.48. The van der Waals surface area contributed by atoms with Crippen LogP contribution in [0.15, 0.2) is 41.0 Å². The summed E-state index contributed by atoms with van der Waals surface area (Å²) in [5, 5.41) is 11.9. The number of nitrogens with one attached hydrogen (secondary N) is 1. The predicted molar refractivity (Wildman–Crippen MR) is 75.2 cm³/mol. The highest BCUT2D eigenvalue weighted by atomic mass is 16.3. The largest absolute Gasteiger partial charge is 0.468 e. The summed E-state index contributed by atoms with van der Waals surface area (Å²) in [5.41, 5.74) is 3.14. The van der Waals surface area contributed by atoms with Gasteiger partial charge in [-0.1, -0.05) is 17.3 Å². The molecule has 0 spiro atoms. The summed E-state index contributed by atoms with van der Waals surface area (Å²) in [4.78, 5) is 0. The van der Waals surface area contributed by atoms with E-state index in [0.717, 1.165) is 28.9 Å². The van der Waals surface area contributed by atoms with E-state index in [1.807, 2.05) is 35.0 Å². The first-order valence-electron chi connectivity index (χ1n) is 6.97. The van der Waals surface area contributed by atoms with Gasteiger partial charge in [-0.25, -0.2) is 4.68 Å². The Morgan fingerprint density at radius 3 is 3.05 bits per heavy atom. The maximum atomic E-state index is 5.58. The van der Waals surface area contributed by atoms with Crippen molar-refractivity contribution >= 4 is 11.0 Å². The van der Waals surface area contributed by atoms with Crippen molar-refractivity contribution in [3.05, 3.63) is 47.9 Å². The molecule has 1 N–H and O–H groups in total. The summed E-state index contributed by atoms with van der Waals surface area (Å²) in [7, 11) is 0. The molecule has 2 heterocycles. The quantitative estimate of drug-likeness (QED) is 0.771. The van der Waals surface area contributed by atoms with Crippen molar-refractivity contribution < 1.29 is 4.42 Å². The summed E-state index contributed by atoms with van der Waals surface area (Å²) in [6, 6.07) is 10.7. The molecule has 0 radical (unpaired) electrons. The molecule has 0 amide bonds. The number of fused-ring (bicyclic) bond motifs is 1. The zero-order valence-corrected chi connectivity index (χ0v) is 11.1. The van der Waals surface area contributed by atoms with E-state index in [1.54, 1.807) is 6.26 Å². The SMILES string of the molecule is c1ccc2c(c1)nnn2Cc1ccoc1CNC1CC1. The van der Waals surface area contributed by atoms with Crippen LogP contribution in [0.4, 0.5) is 0 Å². The van der Waals surface area contributed by atoms with E-state index < -0.39 is 0 Å². The summed E-state index contributed by atoms with van der Waals surface area (Å²) in [6.07, 6.45) is 4.31. The molecule has 4 rings (SSSR count). The van der Waals surface area contributed by atoms with Crippen molar-refractivity contribution in [2.45, 2.75) is 32.0 Å². The van der Waals surface area contributed by atoms with Gasteiger partial charge in [0.15, 0.2) is 0 Å². The lowest BCUT2D eigenvalue weighted by atomic mass is 10.2. The van der Waals surface area contributed by atoms with E-state index in [1.165, 1.54) is 12.8 Å². The summed E-state index contributed by atoms with van der Waals surface area (Å²) >= 11 is 0. The van der Waals surface area contributed by atoms with Gasteiger partial charge in [-0.3, -0.25) is 0 Å². The average molecular weight is 268 g/mol. The Hall–Kier alpha value is -2.14. The zero-order valence-electron chi connectivity index (χ0n) is 11.1. The Bertz CT molecular complexity index is 726. The van der Waals surface area contributed by atoms with E-state index in [-0.39, 0.29) is 0 Å². The van der Waals surface area contributed by atoms with Crippen LogP contribution in [0.1, 0.15) is 24.2 Å². The van der Waals surface area contributed by atoms with Gasteiger partial charge in [0.05, 0.1) is 24.9 Å². The molecule has 0 atom stereocenters. The number of nitrogens with zero attached hydrogens (tertiary/aromatic N) is 3. The Labute approximate surface area is 116 Å². The number of rotatable bonds is 5. The second-order valence-electron chi connectivity index (χ2n) is 5.26. The molecule has 5 heteroatoms. The number of para-hydroxylation sites is 1. The minimum atomic E-state index is 0.681. The van der Waals surface area contributed by atoms with Crippen molar-refractivity contribution in [1.82, 2.24) is 20.3 Å². The highest BCUT2D eigenvalue weighted by molar-refractivity contribution is 5.73. The van der Waals surface area contributed by atoms with Crippen LogP contribution in [0.25, 0.3) is 11.0 Å². The van der Waals surface area contributed by atoms with Crippen molar-refractivity contribution in [1.29, 1.82) is 0 Å². The topological polar surface area (TPSA) is 55.9 Å². The van der Waals surface area contributed by atoms with Crippen LogP contribution in [-0.2, 0) is 13.1 Å². The smallest absolute Gasteiger partial charge is 0.122 e. The molecular weight excluding hydrogens is 252 g/mol. The second kappa shape index (κ2) is 4.76. The molecule has 0 saturated heterocycles. The van der Waals surface area contributed by atoms with Crippen LogP contribution in [0.3, 0.4) is 0 Å². The molecule has 1 fully saturated rings. The van der Waals surface area contributed by atoms with E-state index in [2.05, 4.69) is 15.6 Å². The molecule has 102 valence electrons. The standard InChI is InChI=1S/C15H16N4O/c1-2-4-14-13(3-1)17-18-19(14)10-11-7-8-20-15(11)9-16-12-5-6-12/h1-4,7-8,12,16H,5-6,9-10H2. The molecule has 0 unspecified atom stereocenters. The van der Waals surface area contributed by atoms with Gasteiger partial charge >= 0.3 is 0 Å². The monoisotopic (exact) mass is 268 g/mol. The molecule has 0 aliphatic heterocycles. The van der Waals surface area contributed by atoms with Crippen molar-refractivity contribution in [2.75, 3.05) is 0 Å². The minimum Gasteiger partial charge on any atom is -0.468 e. The summed E-state index contributed by atoms with van der Waals surface area (Å²) in [5.74, 6) is 0.997. The van der Waals surface area contributed by atoms with E-state index >= 15 is 0 Å². The van der Waals surface area contributed by atoms with Gasteiger partial charge in [0.25, 0.3) is 0 Å². The van der Waals surface area contributed by atoms with Gasteiger partial charge in [0.2, 0.25) is 0 Å². The fourth-order valence-corrected chi connectivity index (χ4v) is 2.38. The molecule has 1 aliphatic rings. The Kier molecular flexibility index (Phi) is 2.77. The Morgan fingerprint density at radius 2 is 2.15 bits per heavy atom. The molecule has 20 heavy (non-hydrogen) atoms. The molecular formula is C15H16N4O. The molecule has 2 aromatic heterocycles. The normalized spacial score (nSPS) is 15.0. The number of hydrogen-bond donors (Lipinski definition) is 1.